The van der Waals surface area contributed by atoms with Crippen LogP contribution in [-0.4, -0.2) is 37.1 Å². The van der Waals surface area contributed by atoms with Crippen molar-refractivity contribution in [2.75, 3.05) is 27.2 Å². The lowest BCUT2D eigenvalue weighted by molar-refractivity contribution is 0.273. The molecule has 5 heteroatoms. The Morgan fingerprint density at radius 3 is 2.88 bits per heavy atom. The van der Waals surface area contributed by atoms with Crippen molar-refractivity contribution in [3.05, 3.63) is 22.8 Å². The zero-order valence-corrected chi connectivity index (χ0v) is 10.2. The summed E-state index contributed by atoms with van der Waals surface area (Å²) in [6, 6.07) is 5.10. The Balaban J connectivity index is 2.48. The summed E-state index contributed by atoms with van der Waals surface area (Å²) in [7, 11) is 4.01. The van der Waals surface area contributed by atoms with E-state index in [1.54, 1.807) is 6.07 Å². The van der Waals surface area contributed by atoms with Gasteiger partial charge in [-0.15, -0.1) is 0 Å². The first-order chi connectivity index (χ1) is 7.61. The third-order valence-corrected chi connectivity index (χ3v) is 2.09. The van der Waals surface area contributed by atoms with Crippen LogP contribution in [0.5, 0.6) is 5.88 Å². The SMILES string of the molecule is CN(C)CCCOc1cc(C#N)cc(Cl)n1. The first-order valence-electron chi connectivity index (χ1n) is 4.97. The van der Waals surface area contributed by atoms with Gasteiger partial charge in [-0.2, -0.15) is 5.26 Å². The minimum Gasteiger partial charge on any atom is -0.478 e. The summed E-state index contributed by atoms with van der Waals surface area (Å²) < 4.78 is 5.41. The zero-order valence-electron chi connectivity index (χ0n) is 9.40. The van der Waals surface area contributed by atoms with E-state index in [0.29, 0.717) is 18.1 Å². The van der Waals surface area contributed by atoms with Crippen molar-refractivity contribution in [3.8, 4) is 11.9 Å². The molecule has 0 atom stereocenters. The van der Waals surface area contributed by atoms with Gasteiger partial charge in [0.05, 0.1) is 18.2 Å². The van der Waals surface area contributed by atoms with E-state index in [-0.39, 0.29) is 5.15 Å². The number of nitriles is 1. The van der Waals surface area contributed by atoms with E-state index in [1.807, 2.05) is 20.2 Å². The molecule has 16 heavy (non-hydrogen) atoms. The predicted molar refractivity (Wildman–Crippen MR) is 62.6 cm³/mol. The first-order valence-corrected chi connectivity index (χ1v) is 5.35. The van der Waals surface area contributed by atoms with Crippen LogP contribution in [0.3, 0.4) is 0 Å². The Hall–Kier alpha value is -1.31. The monoisotopic (exact) mass is 239 g/mol. The van der Waals surface area contributed by atoms with Gasteiger partial charge < -0.3 is 9.64 Å². The molecule has 0 amide bonds. The zero-order chi connectivity index (χ0) is 12.0. The molecule has 4 nitrogen and oxygen atoms in total. The second-order valence-electron chi connectivity index (χ2n) is 3.63. The van der Waals surface area contributed by atoms with Crippen LogP contribution < -0.4 is 4.74 Å². The maximum atomic E-state index is 8.73. The van der Waals surface area contributed by atoms with Crippen molar-refractivity contribution < 1.29 is 4.74 Å². The van der Waals surface area contributed by atoms with Crippen LogP contribution in [0.2, 0.25) is 5.15 Å². The van der Waals surface area contributed by atoms with E-state index in [1.165, 1.54) is 6.07 Å². The smallest absolute Gasteiger partial charge is 0.215 e. The molecule has 86 valence electrons. The van der Waals surface area contributed by atoms with E-state index in [4.69, 9.17) is 21.6 Å². The minimum atomic E-state index is 0.279. The van der Waals surface area contributed by atoms with E-state index >= 15 is 0 Å². The van der Waals surface area contributed by atoms with Gasteiger partial charge in [-0.25, -0.2) is 4.98 Å². The van der Waals surface area contributed by atoms with Crippen molar-refractivity contribution in [3.63, 3.8) is 0 Å². The minimum absolute atomic E-state index is 0.279. The topological polar surface area (TPSA) is 49.1 Å². The summed E-state index contributed by atoms with van der Waals surface area (Å²) in [5.74, 6) is 0.405. The van der Waals surface area contributed by atoms with Gasteiger partial charge in [0.2, 0.25) is 5.88 Å². The molecule has 0 radical (unpaired) electrons. The number of halogens is 1. The molecular weight excluding hydrogens is 226 g/mol. The molecule has 1 rings (SSSR count). The highest BCUT2D eigenvalue weighted by Gasteiger charge is 2.01. The van der Waals surface area contributed by atoms with Crippen molar-refractivity contribution >= 4 is 11.6 Å². The summed E-state index contributed by atoms with van der Waals surface area (Å²) in [6.45, 7) is 1.52. The highest BCUT2D eigenvalue weighted by atomic mass is 35.5. The van der Waals surface area contributed by atoms with E-state index in [0.717, 1.165) is 13.0 Å². The Morgan fingerprint density at radius 1 is 1.50 bits per heavy atom. The van der Waals surface area contributed by atoms with Gasteiger partial charge in [-0.05, 0) is 26.6 Å². The van der Waals surface area contributed by atoms with Gasteiger partial charge in [-0.3, -0.25) is 0 Å². The number of nitrogens with zero attached hydrogens (tertiary/aromatic N) is 3. The van der Waals surface area contributed by atoms with Gasteiger partial charge in [0.1, 0.15) is 5.15 Å². The van der Waals surface area contributed by atoms with Gasteiger partial charge in [0.25, 0.3) is 0 Å². The molecule has 0 spiro atoms. The molecule has 1 aromatic heterocycles. The van der Waals surface area contributed by atoms with Crippen LogP contribution in [0.25, 0.3) is 0 Å². The standard InChI is InChI=1S/C11H14ClN3O/c1-15(2)4-3-5-16-11-7-9(8-13)6-10(12)14-11/h6-7H,3-5H2,1-2H3. The number of hydrogen-bond acceptors (Lipinski definition) is 4. The molecular formula is C11H14ClN3O. The van der Waals surface area contributed by atoms with E-state index in [9.17, 15) is 0 Å². The maximum Gasteiger partial charge on any atom is 0.215 e. The van der Waals surface area contributed by atoms with Gasteiger partial charge in [0, 0.05) is 12.6 Å². The van der Waals surface area contributed by atoms with Crippen molar-refractivity contribution in [2.24, 2.45) is 0 Å². The number of pyridine rings is 1. The van der Waals surface area contributed by atoms with Gasteiger partial charge >= 0.3 is 0 Å². The summed E-state index contributed by atoms with van der Waals surface area (Å²) in [5.41, 5.74) is 0.461. The fraction of sp³-hybridized carbons (Fsp3) is 0.455. The second-order valence-corrected chi connectivity index (χ2v) is 4.02. The summed E-state index contributed by atoms with van der Waals surface area (Å²) in [6.07, 6.45) is 0.906. The average molecular weight is 240 g/mol. The summed E-state index contributed by atoms with van der Waals surface area (Å²) in [4.78, 5) is 6.06. The van der Waals surface area contributed by atoms with Gasteiger partial charge in [0.15, 0.2) is 0 Å². The molecule has 0 aromatic carbocycles. The Kier molecular flexibility index (Phi) is 5.03. The number of hydrogen-bond donors (Lipinski definition) is 0. The molecule has 0 saturated heterocycles. The van der Waals surface area contributed by atoms with Crippen LogP contribution in [0.1, 0.15) is 12.0 Å². The maximum absolute atomic E-state index is 8.73. The average Bonchev–Trinajstić information content (AvgIpc) is 2.23. The quantitative estimate of drug-likeness (QED) is 0.582. The van der Waals surface area contributed by atoms with Crippen LogP contribution in [-0.2, 0) is 0 Å². The van der Waals surface area contributed by atoms with Crippen LogP contribution >= 0.6 is 11.6 Å². The van der Waals surface area contributed by atoms with Crippen molar-refractivity contribution in [1.29, 1.82) is 5.26 Å². The first kappa shape index (κ1) is 12.8. The van der Waals surface area contributed by atoms with E-state index < -0.39 is 0 Å². The lowest BCUT2D eigenvalue weighted by atomic mass is 10.3. The third-order valence-electron chi connectivity index (χ3n) is 1.90. The molecule has 0 aliphatic carbocycles. The molecule has 0 unspecified atom stereocenters. The number of aromatic nitrogens is 1. The molecule has 0 aliphatic heterocycles. The normalized spacial score (nSPS) is 10.2. The third kappa shape index (κ3) is 4.47. The van der Waals surface area contributed by atoms with Crippen LogP contribution in [0.15, 0.2) is 12.1 Å². The van der Waals surface area contributed by atoms with Crippen molar-refractivity contribution in [2.45, 2.75) is 6.42 Å². The second kappa shape index (κ2) is 6.31. The van der Waals surface area contributed by atoms with Gasteiger partial charge in [-0.1, -0.05) is 11.6 Å². The Bertz CT molecular complexity index is 387. The molecule has 0 aliphatic rings. The van der Waals surface area contributed by atoms with E-state index in [2.05, 4.69) is 9.88 Å². The summed E-state index contributed by atoms with van der Waals surface area (Å²) >= 11 is 5.74. The van der Waals surface area contributed by atoms with Crippen LogP contribution in [0, 0.1) is 11.3 Å². The number of rotatable bonds is 5. The molecule has 0 bridgehead atoms. The predicted octanol–water partition coefficient (Wildman–Crippen LogP) is 1.94. The molecule has 0 N–H and O–H groups in total. The highest BCUT2D eigenvalue weighted by Crippen LogP contribution is 2.15. The van der Waals surface area contributed by atoms with Crippen molar-refractivity contribution in [1.82, 2.24) is 9.88 Å². The fourth-order valence-electron chi connectivity index (χ4n) is 1.17. The molecule has 0 fully saturated rings. The lowest BCUT2D eigenvalue weighted by Gasteiger charge is -2.09. The molecule has 1 heterocycles. The Labute approximate surface area is 100 Å². The molecule has 1 aromatic rings. The van der Waals surface area contributed by atoms with Crippen LogP contribution in [0.4, 0.5) is 0 Å². The lowest BCUT2D eigenvalue weighted by Crippen LogP contribution is -2.15. The Morgan fingerprint density at radius 2 is 2.25 bits per heavy atom. The summed E-state index contributed by atoms with van der Waals surface area (Å²) in [5, 5.41) is 9.01. The highest BCUT2D eigenvalue weighted by molar-refractivity contribution is 6.29. The number of ether oxygens (including phenoxy) is 1. The molecule has 0 saturated carbocycles. The largest absolute Gasteiger partial charge is 0.478 e. The fourth-order valence-corrected chi connectivity index (χ4v) is 1.37.